The lowest BCUT2D eigenvalue weighted by molar-refractivity contribution is -0.203. The van der Waals surface area contributed by atoms with Crippen molar-refractivity contribution >= 4 is 15.8 Å². The second kappa shape index (κ2) is 11.2. The number of hydrogen-bond donors (Lipinski definition) is 2. The fourth-order valence-corrected chi connectivity index (χ4v) is 12.5. The van der Waals surface area contributed by atoms with Gasteiger partial charge >= 0.3 is 5.97 Å². The van der Waals surface area contributed by atoms with Crippen LogP contribution < -0.4 is 0 Å². The maximum Gasteiger partial charge on any atom is 0.306 e. The molecule has 0 amide bonds. The molecule has 0 aromatic heterocycles. The van der Waals surface area contributed by atoms with Crippen LogP contribution in [0.2, 0.25) is 0 Å². The number of sulfone groups is 1. The molecule has 5 fully saturated rings. The van der Waals surface area contributed by atoms with Gasteiger partial charge in [0.2, 0.25) is 0 Å². The van der Waals surface area contributed by atoms with E-state index in [2.05, 4.69) is 27.7 Å². The average molecular weight is 567 g/mol. The quantitative estimate of drug-likeness (QED) is 0.401. The van der Waals surface area contributed by atoms with Crippen molar-refractivity contribution in [1.82, 2.24) is 0 Å². The summed E-state index contributed by atoms with van der Waals surface area (Å²) in [5.74, 6) is 3.55. The Kier molecular flexibility index (Phi) is 8.57. The molecule has 0 bridgehead atoms. The average Bonchev–Trinajstić information content (AvgIpc) is 3.24. The minimum absolute atomic E-state index is 0.130. The number of rotatable bonds is 7. The van der Waals surface area contributed by atoms with Crippen LogP contribution in [-0.2, 0) is 19.4 Å². The van der Waals surface area contributed by atoms with E-state index in [9.17, 15) is 23.4 Å². The fourth-order valence-electron chi connectivity index (χ4n) is 10.9. The smallest absolute Gasteiger partial charge is 0.306 e. The van der Waals surface area contributed by atoms with E-state index in [4.69, 9.17) is 4.74 Å². The third kappa shape index (κ3) is 5.47. The van der Waals surface area contributed by atoms with Gasteiger partial charge in [0.25, 0.3) is 0 Å². The number of fused-ring (bicyclic) bond motifs is 5. The van der Waals surface area contributed by atoms with E-state index in [0.29, 0.717) is 61.4 Å². The van der Waals surface area contributed by atoms with Crippen molar-refractivity contribution in [1.29, 1.82) is 0 Å². The molecule has 6 nitrogen and oxygen atoms in total. The van der Waals surface area contributed by atoms with Gasteiger partial charge in [0, 0.05) is 6.42 Å². The van der Waals surface area contributed by atoms with Crippen LogP contribution in [0, 0.1) is 58.2 Å². The highest BCUT2D eigenvalue weighted by molar-refractivity contribution is 7.91. The number of ether oxygens (including phenoxy) is 1. The summed E-state index contributed by atoms with van der Waals surface area (Å²) in [5.41, 5.74) is 0.445. The van der Waals surface area contributed by atoms with Crippen molar-refractivity contribution < 1.29 is 28.2 Å². The molecule has 4 aliphatic carbocycles. The molecule has 4 saturated carbocycles. The molecule has 2 N–H and O–H groups in total. The largest absolute Gasteiger partial charge is 0.466 e. The molecular formula is C32H54O6S. The van der Waals surface area contributed by atoms with Gasteiger partial charge < -0.3 is 14.9 Å². The highest BCUT2D eigenvalue weighted by Crippen LogP contribution is 2.69. The fraction of sp³-hybridized carbons (Fsp3) is 0.969. The molecule has 0 aromatic rings. The van der Waals surface area contributed by atoms with E-state index in [1.165, 1.54) is 25.7 Å². The SMILES string of the molecule is CC[C@H]1[C@@H](O)[C@@H]2[C@H](CC[C@]3(C)[C@@H]([C@H](C)CCOC(=O)CC4CCS(=O)(=O)CC4)CC[C@@H]23)[C@@]2(C)CC[C@@H](O)C[C@@H]12. The molecule has 11 atom stereocenters. The summed E-state index contributed by atoms with van der Waals surface area (Å²) in [6, 6.07) is 0. The standard InChI is InChI=1S/C32H54O6S/c1-5-23-27-19-22(33)8-13-32(27,4)26-9-14-31(3)24(6-7-25(31)29(26)30(23)35)20(2)10-15-38-28(34)18-21-11-16-39(36,37)17-12-21/h20-27,29-30,33,35H,5-19H2,1-4H3/t20-,22-,23-,24-,25+,26+,27+,29+,30-,31-,32-/m1/s1. The summed E-state index contributed by atoms with van der Waals surface area (Å²) < 4.78 is 29.0. The molecule has 1 heterocycles. The van der Waals surface area contributed by atoms with Crippen LogP contribution in [-0.4, -0.2) is 54.9 Å². The predicted octanol–water partition coefficient (Wildman–Crippen LogP) is 5.40. The second-order valence-corrected chi connectivity index (χ2v) is 17.2. The Morgan fingerprint density at radius 3 is 2.31 bits per heavy atom. The third-order valence-electron chi connectivity index (χ3n) is 13.1. The summed E-state index contributed by atoms with van der Waals surface area (Å²) in [6.07, 6.45) is 10.5. The Hall–Kier alpha value is -0.660. The Morgan fingerprint density at radius 1 is 0.949 bits per heavy atom. The Morgan fingerprint density at radius 2 is 1.62 bits per heavy atom. The van der Waals surface area contributed by atoms with Gasteiger partial charge in [-0.1, -0.05) is 34.1 Å². The van der Waals surface area contributed by atoms with Crippen LogP contribution in [0.1, 0.15) is 105 Å². The van der Waals surface area contributed by atoms with E-state index < -0.39 is 9.84 Å². The van der Waals surface area contributed by atoms with E-state index in [0.717, 1.165) is 32.1 Å². The molecular weight excluding hydrogens is 512 g/mol. The van der Waals surface area contributed by atoms with Crippen LogP contribution in [0.5, 0.6) is 0 Å². The van der Waals surface area contributed by atoms with Crippen molar-refractivity contribution in [3.05, 3.63) is 0 Å². The normalized spacial score (nSPS) is 46.5. The zero-order valence-corrected chi connectivity index (χ0v) is 25.6. The molecule has 39 heavy (non-hydrogen) atoms. The summed E-state index contributed by atoms with van der Waals surface area (Å²) in [7, 11) is -2.91. The lowest BCUT2D eigenvalue weighted by atomic mass is 9.41. The van der Waals surface area contributed by atoms with Gasteiger partial charge in [-0.15, -0.1) is 0 Å². The second-order valence-electron chi connectivity index (χ2n) is 14.9. The van der Waals surface area contributed by atoms with Crippen LogP contribution in [0.15, 0.2) is 0 Å². The minimum Gasteiger partial charge on any atom is -0.466 e. The summed E-state index contributed by atoms with van der Waals surface area (Å²) in [5, 5.41) is 22.4. The van der Waals surface area contributed by atoms with E-state index in [-0.39, 0.29) is 52.3 Å². The van der Waals surface area contributed by atoms with Crippen molar-refractivity contribution in [2.75, 3.05) is 18.1 Å². The molecule has 0 radical (unpaired) electrons. The number of carbonyl (C=O) groups is 1. The Bertz CT molecular complexity index is 983. The summed E-state index contributed by atoms with van der Waals surface area (Å²) in [6.45, 7) is 9.99. The molecule has 5 aliphatic rings. The van der Waals surface area contributed by atoms with Crippen molar-refractivity contribution in [3.8, 4) is 0 Å². The minimum atomic E-state index is -2.91. The van der Waals surface area contributed by atoms with Gasteiger partial charge in [0.05, 0.1) is 30.3 Å². The zero-order valence-electron chi connectivity index (χ0n) is 24.8. The van der Waals surface area contributed by atoms with Crippen molar-refractivity contribution in [2.45, 2.75) is 117 Å². The van der Waals surface area contributed by atoms with Crippen molar-refractivity contribution in [3.63, 3.8) is 0 Å². The molecule has 0 unspecified atom stereocenters. The number of aliphatic hydroxyl groups excluding tert-OH is 2. The third-order valence-corrected chi connectivity index (χ3v) is 14.8. The van der Waals surface area contributed by atoms with E-state index in [1.807, 2.05) is 0 Å². The predicted molar refractivity (Wildman–Crippen MR) is 153 cm³/mol. The first kappa shape index (κ1) is 29.8. The van der Waals surface area contributed by atoms with Crippen molar-refractivity contribution in [2.24, 2.45) is 58.2 Å². The first-order valence-electron chi connectivity index (χ1n) is 16.1. The molecule has 0 aromatic carbocycles. The number of esters is 1. The maximum absolute atomic E-state index is 12.5. The molecule has 224 valence electrons. The molecule has 0 spiro atoms. The van der Waals surface area contributed by atoms with E-state index >= 15 is 0 Å². The zero-order chi connectivity index (χ0) is 28.2. The van der Waals surface area contributed by atoms with E-state index in [1.54, 1.807) is 0 Å². The highest BCUT2D eigenvalue weighted by atomic mass is 32.2. The molecule has 1 saturated heterocycles. The van der Waals surface area contributed by atoms with Gasteiger partial charge in [-0.3, -0.25) is 4.79 Å². The molecule has 1 aliphatic heterocycles. The maximum atomic E-state index is 12.5. The van der Waals surface area contributed by atoms with Gasteiger partial charge in [-0.25, -0.2) is 8.42 Å². The first-order chi connectivity index (χ1) is 18.4. The van der Waals surface area contributed by atoms with Crippen LogP contribution in [0.3, 0.4) is 0 Å². The van der Waals surface area contributed by atoms with Gasteiger partial charge in [-0.05, 0) is 122 Å². The number of carbonyl (C=O) groups excluding carboxylic acids is 1. The Labute approximate surface area is 237 Å². The number of hydrogen-bond acceptors (Lipinski definition) is 6. The van der Waals surface area contributed by atoms with Crippen LogP contribution in [0.4, 0.5) is 0 Å². The van der Waals surface area contributed by atoms with Gasteiger partial charge in [-0.2, -0.15) is 0 Å². The topological polar surface area (TPSA) is 101 Å². The van der Waals surface area contributed by atoms with Gasteiger partial charge in [0.15, 0.2) is 0 Å². The Balaban J connectivity index is 1.19. The van der Waals surface area contributed by atoms with Gasteiger partial charge in [0.1, 0.15) is 9.84 Å². The van der Waals surface area contributed by atoms with Crippen LogP contribution >= 0.6 is 0 Å². The first-order valence-corrected chi connectivity index (χ1v) is 17.9. The lowest BCUT2D eigenvalue weighted by Gasteiger charge is -2.64. The highest BCUT2D eigenvalue weighted by Gasteiger charge is 2.64. The molecule has 7 heteroatoms. The number of aliphatic hydroxyl groups is 2. The van der Waals surface area contributed by atoms with Crippen LogP contribution in [0.25, 0.3) is 0 Å². The summed E-state index contributed by atoms with van der Waals surface area (Å²) in [4.78, 5) is 12.5. The molecule has 5 rings (SSSR count). The summed E-state index contributed by atoms with van der Waals surface area (Å²) >= 11 is 0. The lowest BCUT2D eigenvalue weighted by Crippen LogP contribution is -2.62. The monoisotopic (exact) mass is 566 g/mol.